The fourth-order valence-corrected chi connectivity index (χ4v) is 4.43. The molecule has 0 spiro atoms. The normalized spacial score (nSPS) is 42.2. The molecule has 23 heavy (non-hydrogen) atoms. The lowest BCUT2D eigenvalue weighted by Crippen LogP contribution is -2.56. The van der Waals surface area contributed by atoms with Crippen LogP contribution in [0, 0.1) is 23.7 Å². The van der Waals surface area contributed by atoms with Gasteiger partial charge in [-0.3, -0.25) is 4.79 Å². The van der Waals surface area contributed by atoms with Gasteiger partial charge in [-0.2, -0.15) is 0 Å². The Morgan fingerprint density at radius 1 is 0.826 bits per heavy atom. The van der Waals surface area contributed by atoms with Crippen molar-refractivity contribution in [2.24, 2.45) is 23.7 Å². The SMILES string of the molecule is CC1CCC(C(=O)OC2CCC(C3NCC(C)CN3)CC2)CC1. The second-order valence-electron chi connectivity index (χ2n) is 8.33. The first-order valence-corrected chi connectivity index (χ1v) is 9.79. The standard InChI is InChI=1S/C19H34N2O2/c1-13-3-5-16(6-4-13)19(22)23-17-9-7-15(8-10-17)18-20-11-14(2)12-21-18/h13-18,20-21H,3-12H2,1-2H3. The first-order chi connectivity index (χ1) is 11.1. The third-order valence-corrected chi connectivity index (χ3v) is 6.19. The van der Waals surface area contributed by atoms with Gasteiger partial charge in [-0.1, -0.05) is 13.8 Å². The molecule has 0 bridgehead atoms. The number of carbonyl (C=O) groups excluding carboxylic acids is 1. The molecule has 2 aliphatic carbocycles. The Morgan fingerprint density at radius 2 is 1.43 bits per heavy atom. The van der Waals surface area contributed by atoms with Crippen LogP contribution in [-0.2, 0) is 9.53 Å². The van der Waals surface area contributed by atoms with E-state index in [9.17, 15) is 4.79 Å². The Kier molecular flexibility index (Phi) is 5.97. The number of nitrogens with one attached hydrogen (secondary N) is 2. The molecule has 3 rings (SSSR count). The van der Waals surface area contributed by atoms with Crippen molar-refractivity contribution >= 4 is 5.97 Å². The number of carbonyl (C=O) groups is 1. The van der Waals surface area contributed by atoms with Crippen molar-refractivity contribution in [1.29, 1.82) is 0 Å². The minimum atomic E-state index is 0.0862. The summed E-state index contributed by atoms with van der Waals surface area (Å²) in [4.78, 5) is 12.3. The van der Waals surface area contributed by atoms with Gasteiger partial charge in [-0.25, -0.2) is 0 Å². The van der Waals surface area contributed by atoms with Crippen molar-refractivity contribution in [3.05, 3.63) is 0 Å². The zero-order valence-electron chi connectivity index (χ0n) is 14.9. The van der Waals surface area contributed by atoms with Crippen molar-refractivity contribution in [3.63, 3.8) is 0 Å². The summed E-state index contributed by atoms with van der Waals surface area (Å²) in [5.41, 5.74) is 0. The highest BCUT2D eigenvalue weighted by Crippen LogP contribution is 2.32. The molecule has 132 valence electrons. The van der Waals surface area contributed by atoms with Crippen LogP contribution in [0.4, 0.5) is 0 Å². The highest BCUT2D eigenvalue weighted by Gasteiger charge is 2.32. The molecule has 2 N–H and O–H groups in total. The van der Waals surface area contributed by atoms with Crippen LogP contribution >= 0.6 is 0 Å². The summed E-state index contributed by atoms with van der Waals surface area (Å²) in [6, 6.07) is 0. The van der Waals surface area contributed by atoms with E-state index < -0.39 is 0 Å². The molecule has 0 atom stereocenters. The molecule has 4 nitrogen and oxygen atoms in total. The zero-order valence-corrected chi connectivity index (χ0v) is 14.9. The summed E-state index contributed by atoms with van der Waals surface area (Å²) in [6.45, 7) is 6.80. The molecule has 4 heteroatoms. The van der Waals surface area contributed by atoms with Crippen LogP contribution in [0.5, 0.6) is 0 Å². The van der Waals surface area contributed by atoms with Gasteiger partial charge in [0.05, 0.1) is 12.1 Å². The summed E-state index contributed by atoms with van der Waals surface area (Å²) < 4.78 is 5.84. The monoisotopic (exact) mass is 322 g/mol. The van der Waals surface area contributed by atoms with Gasteiger partial charge in [-0.05, 0) is 69.1 Å². The number of hydrogen-bond acceptors (Lipinski definition) is 4. The minimum absolute atomic E-state index is 0.0862. The molecule has 0 aromatic rings. The second-order valence-corrected chi connectivity index (χ2v) is 8.33. The Labute approximate surface area is 141 Å². The molecule has 0 aromatic heterocycles. The van der Waals surface area contributed by atoms with E-state index in [1.165, 1.54) is 25.7 Å². The highest BCUT2D eigenvalue weighted by atomic mass is 16.5. The van der Waals surface area contributed by atoms with Crippen LogP contribution in [-0.4, -0.2) is 31.3 Å². The van der Waals surface area contributed by atoms with Crippen LogP contribution in [0.3, 0.4) is 0 Å². The van der Waals surface area contributed by atoms with Gasteiger partial charge in [-0.15, -0.1) is 0 Å². The van der Waals surface area contributed by atoms with Crippen molar-refractivity contribution in [2.45, 2.75) is 77.5 Å². The first-order valence-electron chi connectivity index (χ1n) is 9.79. The van der Waals surface area contributed by atoms with Gasteiger partial charge in [0.2, 0.25) is 0 Å². The molecule has 3 fully saturated rings. The largest absolute Gasteiger partial charge is 0.462 e. The van der Waals surface area contributed by atoms with E-state index in [0.717, 1.165) is 50.6 Å². The highest BCUT2D eigenvalue weighted by molar-refractivity contribution is 5.72. The third kappa shape index (κ3) is 4.69. The number of esters is 1. The fourth-order valence-electron chi connectivity index (χ4n) is 4.43. The minimum Gasteiger partial charge on any atom is -0.462 e. The third-order valence-electron chi connectivity index (χ3n) is 6.19. The van der Waals surface area contributed by atoms with E-state index >= 15 is 0 Å². The van der Waals surface area contributed by atoms with Gasteiger partial charge in [0.25, 0.3) is 0 Å². The van der Waals surface area contributed by atoms with E-state index in [1.807, 2.05) is 0 Å². The van der Waals surface area contributed by atoms with Crippen LogP contribution < -0.4 is 10.6 Å². The Bertz CT molecular complexity index is 377. The van der Waals surface area contributed by atoms with Gasteiger partial charge in [0.1, 0.15) is 6.10 Å². The first kappa shape index (κ1) is 17.2. The van der Waals surface area contributed by atoms with Crippen molar-refractivity contribution in [2.75, 3.05) is 13.1 Å². The van der Waals surface area contributed by atoms with Crippen molar-refractivity contribution in [3.8, 4) is 0 Å². The maximum atomic E-state index is 12.3. The fraction of sp³-hybridized carbons (Fsp3) is 0.947. The molecule has 0 aromatic carbocycles. The topological polar surface area (TPSA) is 50.4 Å². The van der Waals surface area contributed by atoms with Crippen LogP contribution in [0.25, 0.3) is 0 Å². The lowest BCUT2D eigenvalue weighted by atomic mass is 9.82. The van der Waals surface area contributed by atoms with Crippen LogP contribution in [0.1, 0.15) is 65.2 Å². The quantitative estimate of drug-likeness (QED) is 0.784. The summed E-state index contributed by atoms with van der Waals surface area (Å²) in [5, 5.41) is 7.26. The Morgan fingerprint density at radius 3 is 2.04 bits per heavy atom. The molecular formula is C19H34N2O2. The van der Waals surface area contributed by atoms with E-state index in [4.69, 9.17) is 4.74 Å². The van der Waals surface area contributed by atoms with E-state index in [0.29, 0.717) is 12.1 Å². The second kappa shape index (κ2) is 7.98. The summed E-state index contributed by atoms with van der Waals surface area (Å²) in [5.74, 6) is 2.46. The lowest BCUT2D eigenvalue weighted by Gasteiger charge is -2.38. The maximum Gasteiger partial charge on any atom is 0.309 e. The average Bonchev–Trinajstić information content (AvgIpc) is 2.57. The van der Waals surface area contributed by atoms with E-state index in [-0.39, 0.29) is 18.0 Å². The Balaban J connectivity index is 1.38. The number of rotatable bonds is 3. The van der Waals surface area contributed by atoms with E-state index in [2.05, 4.69) is 24.5 Å². The van der Waals surface area contributed by atoms with E-state index in [1.54, 1.807) is 0 Å². The molecular weight excluding hydrogens is 288 g/mol. The summed E-state index contributed by atoms with van der Waals surface area (Å²) in [7, 11) is 0. The van der Waals surface area contributed by atoms with Crippen molar-refractivity contribution in [1.82, 2.24) is 10.6 Å². The summed E-state index contributed by atoms with van der Waals surface area (Å²) >= 11 is 0. The number of ether oxygens (including phenoxy) is 1. The zero-order chi connectivity index (χ0) is 16.2. The van der Waals surface area contributed by atoms with Crippen LogP contribution in [0.15, 0.2) is 0 Å². The molecule has 1 saturated heterocycles. The molecule has 3 aliphatic rings. The molecule has 2 saturated carbocycles. The molecule has 0 unspecified atom stereocenters. The number of hydrogen-bond donors (Lipinski definition) is 2. The molecule has 1 aliphatic heterocycles. The predicted octanol–water partition coefficient (Wildman–Crippen LogP) is 3.07. The van der Waals surface area contributed by atoms with Crippen molar-refractivity contribution < 1.29 is 9.53 Å². The lowest BCUT2D eigenvalue weighted by molar-refractivity contribution is -0.157. The van der Waals surface area contributed by atoms with Gasteiger partial charge < -0.3 is 15.4 Å². The molecule has 0 radical (unpaired) electrons. The van der Waals surface area contributed by atoms with Gasteiger partial charge >= 0.3 is 5.97 Å². The smallest absolute Gasteiger partial charge is 0.309 e. The molecule has 1 heterocycles. The van der Waals surface area contributed by atoms with Gasteiger partial charge in [0, 0.05) is 13.1 Å². The van der Waals surface area contributed by atoms with Gasteiger partial charge in [0.15, 0.2) is 0 Å². The summed E-state index contributed by atoms with van der Waals surface area (Å²) in [6.07, 6.45) is 9.46. The Hall–Kier alpha value is -0.610. The maximum absolute atomic E-state index is 12.3. The van der Waals surface area contributed by atoms with Crippen LogP contribution in [0.2, 0.25) is 0 Å². The predicted molar refractivity (Wildman–Crippen MR) is 91.9 cm³/mol. The average molecular weight is 322 g/mol. The molecule has 0 amide bonds.